The number of halogens is 1. The van der Waals surface area contributed by atoms with E-state index in [-0.39, 0.29) is 10.7 Å². The van der Waals surface area contributed by atoms with Gasteiger partial charge in [0, 0.05) is 12.1 Å². The van der Waals surface area contributed by atoms with E-state index in [4.69, 9.17) is 16.3 Å². The van der Waals surface area contributed by atoms with Gasteiger partial charge in [-0.15, -0.1) is 0 Å². The molecule has 1 unspecified atom stereocenters. The average molecular weight is 262 g/mol. The molecule has 0 N–H and O–H groups in total. The topological polar surface area (TPSA) is 52.4 Å². The molecule has 4 nitrogen and oxygen atoms in total. The van der Waals surface area contributed by atoms with Crippen molar-refractivity contribution >= 4 is 29.9 Å². The molecule has 0 heterocycles. The fourth-order valence-electron chi connectivity index (χ4n) is 1.01. The van der Waals surface area contributed by atoms with Crippen molar-refractivity contribution in [3.05, 3.63) is 33.3 Å². The first-order valence-corrected chi connectivity index (χ1v) is 5.73. The third kappa shape index (κ3) is 3.57. The van der Waals surface area contributed by atoms with Crippen LogP contribution in [0.5, 0.6) is 5.75 Å². The summed E-state index contributed by atoms with van der Waals surface area (Å²) in [4.78, 5) is 9.98. The van der Waals surface area contributed by atoms with Crippen molar-refractivity contribution in [2.24, 2.45) is 5.92 Å². The van der Waals surface area contributed by atoms with Gasteiger partial charge in [0.1, 0.15) is 5.75 Å². The maximum atomic E-state index is 10.5. The number of hydrogen-bond donors (Lipinski definition) is 1. The maximum absolute atomic E-state index is 10.5. The SMILES string of the molecule is CC(CS)COc1ccc([N+](=O)[O-])cc1Cl. The Bertz CT molecular complexity index is 386. The predicted molar refractivity (Wildman–Crippen MR) is 66.6 cm³/mol. The molecule has 0 aliphatic carbocycles. The van der Waals surface area contributed by atoms with Crippen LogP contribution in [0.4, 0.5) is 5.69 Å². The summed E-state index contributed by atoms with van der Waals surface area (Å²) < 4.78 is 5.42. The van der Waals surface area contributed by atoms with Crippen molar-refractivity contribution in [1.82, 2.24) is 0 Å². The zero-order valence-corrected chi connectivity index (χ0v) is 10.4. The number of nitro groups is 1. The van der Waals surface area contributed by atoms with Crippen molar-refractivity contribution in [2.75, 3.05) is 12.4 Å². The van der Waals surface area contributed by atoms with Gasteiger partial charge in [-0.2, -0.15) is 12.6 Å². The van der Waals surface area contributed by atoms with Gasteiger partial charge in [-0.05, 0) is 17.7 Å². The Hall–Kier alpha value is -0.940. The van der Waals surface area contributed by atoms with Gasteiger partial charge < -0.3 is 4.74 Å². The third-order valence-electron chi connectivity index (χ3n) is 1.96. The first kappa shape index (κ1) is 13.1. The van der Waals surface area contributed by atoms with Gasteiger partial charge in [-0.1, -0.05) is 18.5 Å². The van der Waals surface area contributed by atoms with Crippen LogP contribution < -0.4 is 4.74 Å². The van der Waals surface area contributed by atoms with E-state index in [1.54, 1.807) is 0 Å². The van der Waals surface area contributed by atoms with Gasteiger partial charge >= 0.3 is 0 Å². The summed E-state index contributed by atoms with van der Waals surface area (Å²) in [5, 5.41) is 10.7. The highest BCUT2D eigenvalue weighted by atomic mass is 35.5. The van der Waals surface area contributed by atoms with Crippen LogP contribution in [0.15, 0.2) is 18.2 Å². The highest BCUT2D eigenvalue weighted by molar-refractivity contribution is 7.80. The summed E-state index contributed by atoms with van der Waals surface area (Å²) in [6.07, 6.45) is 0. The minimum absolute atomic E-state index is 0.0420. The van der Waals surface area contributed by atoms with E-state index >= 15 is 0 Å². The van der Waals surface area contributed by atoms with E-state index in [0.717, 1.165) is 0 Å². The molecule has 0 bridgehead atoms. The van der Waals surface area contributed by atoms with Gasteiger partial charge in [-0.25, -0.2) is 0 Å². The molecule has 0 spiro atoms. The molecule has 0 radical (unpaired) electrons. The molecule has 0 saturated carbocycles. The van der Waals surface area contributed by atoms with E-state index < -0.39 is 4.92 Å². The molecule has 0 amide bonds. The molecule has 0 saturated heterocycles. The Balaban J connectivity index is 2.72. The number of rotatable bonds is 5. The quantitative estimate of drug-likeness (QED) is 0.503. The molecule has 0 aliphatic heterocycles. The lowest BCUT2D eigenvalue weighted by molar-refractivity contribution is -0.384. The van der Waals surface area contributed by atoms with Crippen LogP contribution in [-0.2, 0) is 0 Å². The summed E-state index contributed by atoms with van der Waals surface area (Å²) in [5.74, 6) is 1.47. The van der Waals surface area contributed by atoms with Crippen molar-refractivity contribution < 1.29 is 9.66 Å². The smallest absolute Gasteiger partial charge is 0.271 e. The standard InChI is InChI=1S/C10H12ClNO3S/c1-7(6-16)5-15-10-3-2-8(12(13)14)4-9(10)11/h2-4,7,16H,5-6H2,1H3. The number of hydrogen-bond acceptors (Lipinski definition) is 4. The van der Waals surface area contributed by atoms with Gasteiger partial charge in [0.15, 0.2) is 0 Å². The molecule has 1 atom stereocenters. The third-order valence-corrected chi connectivity index (χ3v) is 2.88. The molecule has 1 aromatic rings. The number of ether oxygens (including phenoxy) is 1. The fourth-order valence-corrected chi connectivity index (χ4v) is 1.34. The van der Waals surface area contributed by atoms with Crippen molar-refractivity contribution in [3.63, 3.8) is 0 Å². The fraction of sp³-hybridized carbons (Fsp3) is 0.400. The van der Waals surface area contributed by atoms with Crippen LogP contribution >= 0.6 is 24.2 Å². The molecule has 0 aliphatic rings. The van der Waals surface area contributed by atoms with Crippen molar-refractivity contribution in [3.8, 4) is 5.75 Å². The highest BCUT2D eigenvalue weighted by Gasteiger charge is 2.10. The molecule has 1 aromatic carbocycles. The van der Waals surface area contributed by atoms with Crippen LogP contribution in [0.1, 0.15) is 6.92 Å². The monoisotopic (exact) mass is 261 g/mol. The highest BCUT2D eigenvalue weighted by Crippen LogP contribution is 2.28. The van der Waals surface area contributed by atoms with E-state index in [1.807, 2.05) is 6.92 Å². The normalized spacial score (nSPS) is 12.2. The summed E-state index contributed by atoms with van der Waals surface area (Å²) in [7, 11) is 0. The molecule has 0 aromatic heterocycles. The molecular formula is C10H12ClNO3S. The average Bonchev–Trinajstić information content (AvgIpc) is 2.26. The Morgan fingerprint density at radius 1 is 1.62 bits per heavy atom. The van der Waals surface area contributed by atoms with Crippen molar-refractivity contribution in [2.45, 2.75) is 6.92 Å². The predicted octanol–water partition coefficient (Wildman–Crippen LogP) is 3.19. The Morgan fingerprint density at radius 3 is 2.81 bits per heavy atom. The van der Waals surface area contributed by atoms with Gasteiger partial charge in [-0.3, -0.25) is 10.1 Å². The summed E-state index contributed by atoms with van der Waals surface area (Å²) in [6.45, 7) is 2.48. The van der Waals surface area contributed by atoms with Gasteiger partial charge in [0.2, 0.25) is 0 Å². The first-order valence-electron chi connectivity index (χ1n) is 4.72. The lowest BCUT2D eigenvalue weighted by atomic mass is 10.2. The van der Waals surface area contributed by atoms with Crippen LogP contribution in [0.25, 0.3) is 0 Å². The van der Waals surface area contributed by atoms with Crippen LogP contribution in [0.2, 0.25) is 5.02 Å². The number of benzene rings is 1. The lowest BCUT2D eigenvalue weighted by Gasteiger charge is -2.11. The van der Waals surface area contributed by atoms with Crippen LogP contribution in [0.3, 0.4) is 0 Å². The summed E-state index contributed by atoms with van der Waals surface area (Å²) in [5.41, 5.74) is -0.0420. The molecule has 88 valence electrons. The van der Waals surface area contributed by atoms with E-state index in [2.05, 4.69) is 12.6 Å². The lowest BCUT2D eigenvalue weighted by Crippen LogP contribution is -2.09. The Morgan fingerprint density at radius 2 is 2.31 bits per heavy atom. The molecule has 6 heteroatoms. The molecular weight excluding hydrogens is 250 g/mol. The van der Waals surface area contributed by atoms with Crippen LogP contribution in [-0.4, -0.2) is 17.3 Å². The Kier molecular flexibility index (Phi) is 4.89. The minimum Gasteiger partial charge on any atom is -0.492 e. The van der Waals surface area contributed by atoms with E-state index in [1.165, 1.54) is 18.2 Å². The number of nitro benzene ring substituents is 1. The van der Waals surface area contributed by atoms with E-state index in [9.17, 15) is 10.1 Å². The largest absolute Gasteiger partial charge is 0.492 e. The van der Waals surface area contributed by atoms with E-state index in [0.29, 0.717) is 24.0 Å². The summed E-state index contributed by atoms with van der Waals surface area (Å²) in [6, 6.07) is 4.15. The zero-order chi connectivity index (χ0) is 12.1. The maximum Gasteiger partial charge on any atom is 0.271 e. The van der Waals surface area contributed by atoms with Gasteiger partial charge in [0.05, 0.1) is 16.6 Å². The Labute approximate surface area is 104 Å². The first-order chi connectivity index (χ1) is 7.54. The number of thiol groups is 1. The van der Waals surface area contributed by atoms with Crippen LogP contribution in [0, 0.1) is 16.0 Å². The molecule has 0 fully saturated rings. The molecule has 16 heavy (non-hydrogen) atoms. The summed E-state index contributed by atoms with van der Waals surface area (Å²) >= 11 is 9.98. The number of nitrogens with zero attached hydrogens (tertiary/aromatic N) is 1. The molecule has 1 rings (SSSR count). The van der Waals surface area contributed by atoms with Crippen molar-refractivity contribution in [1.29, 1.82) is 0 Å². The second kappa shape index (κ2) is 5.96. The van der Waals surface area contributed by atoms with Gasteiger partial charge in [0.25, 0.3) is 5.69 Å². The second-order valence-corrected chi connectivity index (χ2v) is 4.24. The second-order valence-electron chi connectivity index (χ2n) is 3.47. The minimum atomic E-state index is -0.494. The number of non-ortho nitro benzene ring substituents is 1. The zero-order valence-electron chi connectivity index (χ0n) is 8.72.